The summed E-state index contributed by atoms with van der Waals surface area (Å²) in [6.07, 6.45) is 0.502. The zero-order chi connectivity index (χ0) is 23.0. The SMILES string of the molecule is COc1ccc(CCNC(=O)CN(CS(=O)(=O)O)c2cccc(C(N)=O)c2)cc1OC.O.O. The van der Waals surface area contributed by atoms with Crippen LogP contribution in [0.4, 0.5) is 5.69 Å². The molecule has 0 unspecified atom stereocenters. The van der Waals surface area contributed by atoms with E-state index in [0.717, 1.165) is 10.5 Å². The van der Waals surface area contributed by atoms with Gasteiger partial charge in [-0.3, -0.25) is 14.1 Å². The van der Waals surface area contributed by atoms with Gasteiger partial charge in [-0.2, -0.15) is 8.42 Å². The van der Waals surface area contributed by atoms with Gasteiger partial charge >= 0.3 is 0 Å². The van der Waals surface area contributed by atoms with E-state index in [9.17, 15) is 22.6 Å². The third kappa shape index (κ3) is 9.33. The maximum atomic E-state index is 12.4. The summed E-state index contributed by atoms with van der Waals surface area (Å²) in [5.74, 6) is -0.825. The van der Waals surface area contributed by atoms with Crippen molar-refractivity contribution < 1.29 is 43.0 Å². The van der Waals surface area contributed by atoms with Crippen LogP contribution in [0, 0.1) is 0 Å². The number of nitrogens with zero attached hydrogens (tertiary/aromatic N) is 1. The van der Waals surface area contributed by atoms with Crippen molar-refractivity contribution in [2.24, 2.45) is 5.73 Å². The third-order valence-electron chi connectivity index (χ3n) is 4.33. The number of carbonyl (C=O) groups excluding carboxylic acids is 2. The summed E-state index contributed by atoms with van der Waals surface area (Å²) >= 11 is 0. The maximum Gasteiger partial charge on any atom is 0.283 e. The summed E-state index contributed by atoms with van der Waals surface area (Å²) in [5, 5.41) is 2.70. The molecule has 13 heteroatoms. The number of ether oxygens (including phenoxy) is 2. The van der Waals surface area contributed by atoms with Gasteiger partial charge < -0.3 is 36.4 Å². The number of primary amides is 1. The van der Waals surface area contributed by atoms with E-state index in [1.165, 1.54) is 38.5 Å². The molecule has 184 valence electrons. The molecule has 2 amide bonds. The Labute approximate surface area is 191 Å². The van der Waals surface area contributed by atoms with Crippen LogP contribution in [0.5, 0.6) is 11.5 Å². The lowest BCUT2D eigenvalue weighted by Crippen LogP contribution is -2.40. The molecule has 0 aromatic heterocycles. The van der Waals surface area contributed by atoms with Crippen LogP contribution in [-0.4, -0.2) is 68.9 Å². The van der Waals surface area contributed by atoms with E-state index in [1.54, 1.807) is 12.1 Å². The fraction of sp³-hybridized carbons (Fsp3) is 0.300. The number of hydrogen-bond acceptors (Lipinski definition) is 7. The minimum Gasteiger partial charge on any atom is -0.493 e. The van der Waals surface area contributed by atoms with Crippen molar-refractivity contribution in [3.05, 3.63) is 53.6 Å². The average Bonchev–Trinajstić information content (AvgIpc) is 2.72. The molecule has 0 saturated carbocycles. The average molecular weight is 488 g/mol. The Morgan fingerprint density at radius 3 is 2.30 bits per heavy atom. The van der Waals surface area contributed by atoms with Gasteiger partial charge in [0, 0.05) is 17.8 Å². The summed E-state index contributed by atoms with van der Waals surface area (Å²) in [7, 11) is -1.36. The van der Waals surface area contributed by atoms with E-state index in [2.05, 4.69) is 5.32 Å². The Kier molecular flexibility index (Phi) is 11.9. The van der Waals surface area contributed by atoms with Crippen LogP contribution in [0.1, 0.15) is 15.9 Å². The Bertz CT molecular complexity index is 1040. The van der Waals surface area contributed by atoms with Gasteiger partial charge in [-0.25, -0.2) is 0 Å². The fourth-order valence-electron chi connectivity index (χ4n) is 2.88. The number of anilines is 1. The zero-order valence-electron chi connectivity index (χ0n) is 18.2. The second-order valence-corrected chi connectivity index (χ2v) is 8.03. The second-order valence-electron chi connectivity index (χ2n) is 6.61. The lowest BCUT2D eigenvalue weighted by Gasteiger charge is -2.23. The number of carbonyl (C=O) groups is 2. The molecule has 8 N–H and O–H groups in total. The maximum absolute atomic E-state index is 12.4. The van der Waals surface area contributed by atoms with E-state index in [0.29, 0.717) is 17.9 Å². The Morgan fingerprint density at radius 1 is 1.06 bits per heavy atom. The van der Waals surface area contributed by atoms with Crippen LogP contribution >= 0.6 is 0 Å². The molecular formula is C20H29N3O9S. The number of amides is 2. The van der Waals surface area contributed by atoms with Crippen LogP contribution in [0.3, 0.4) is 0 Å². The molecule has 0 radical (unpaired) electrons. The molecule has 0 aliphatic carbocycles. The van der Waals surface area contributed by atoms with E-state index < -0.39 is 27.8 Å². The number of methoxy groups -OCH3 is 2. The number of hydrogen-bond donors (Lipinski definition) is 3. The molecular weight excluding hydrogens is 458 g/mol. The van der Waals surface area contributed by atoms with Crippen LogP contribution in [0.2, 0.25) is 0 Å². The summed E-state index contributed by atoms with van der Waals surface area (Å²) in [6.45, 7) is -0.0662. The first-order chi connectivity index (χ1) is 14.6. The van der Waals surface area contributed by atoms with Crippen molar-refractivity contribution in [2.45, 2.75) is 6.42 Å². The topological polar surface area (TPSA) is 211 Å². The van der Waals surface area contributed by atoms with Gasteiger partial charge in [0.2, 0.25) is 11.8 Å². The van der Waals surface area contributed by atoms with Gasteiger partial charge in [0.25, 0.3) is 10.1 Å². The first-order valence-electron chi connectivity index (χ1n) is 9.20. The zero-order valence-corrected chi connectivity index (χ0v) is 19.0. The van der Waals surface area contributed by atoms with E-state index in [4.69, 9.17) is 15.2 Å². The highest BCUT2D eigenvalue weighted by molar-refractivity contribution is 7.85. The summed E-state index contributed by atoms with van der Waals surface area (Å²) in [5.41, 5.74) is 6.55. The largest absolute Gasteiger partial charge is 0.493 e. The first-order valence-corrected chi connectivity index (χ1v) is 10.8. The summed E-state index contributed by atoms with van der Waals surface area (Å²) < 4.78 is 42.5. The van der Waals surface area contributed by atoms with Crippen molar-refractivity contribution in [1.82, 2.24) is 5.32 Å². The Hall–Kier alpha value is -3.39. The predicted molar refractivity (Wildman–Crippen MR) is 122 cm³/mol. The van der Waals surface area contributed by atoms with Gasteiger partial charge in [-0.05, 0) is 42.3 Å². The normalized spacial score (nSPS) is 10.3. The van der Waals surface area contributed by atoms with Crippen molar-refractivity contribution in [2.75, 3.05) is 38.1 Å². The highest BCUT2D eigenvalue weighted by Gasteiger charge is 2.19. The monoisotopic (exact) mass is 487 g/mol. The van der Waals surface area contributed by atoms with Gasteiger partial charge in [-0.15, -0.1) is 0 Å². The fourth-order valence-corrected chi connectivity index (χ4v) is 3.51. The number of rotatable bonds is 11. The molecule has 2 aromatic rings. The highest BCUT2D eigenvalue weighted by Crippen LogP contribution is 2.27. The second kappa shape index (κ2) is 13.2. The molecule has 0 bridgehead atoms. The standard InChI is InChI=1S/C20H25N3O7S.2H2O/c1-29-17-7-6-14(10-18(17)30-2)8-9-22-19(24)12-23(13-31(26,27)28)16-5-3-4-15(11-16)20(21)25;;/h3-7,10-11H,8-9,12-13H2,1-2H3,(H2,21,25)(H,22,24)(H,26,27,28);2*1H2. The Balaban J connectivity index is 0.00000512. The molecule has 0 spiro atoms. The molecule has 0 aliphatic rings. The van der Waals surface area contributed by atoms with E-state index >= 15 is 0 Å². The molecule has 0 aliphatic heterocycles. The van der Waals surface area contributed by atoms with Gasteiger partial charge in [0.1, 0.15) is 5.88 Å². The third-order valence-corrected chi connectivity index (χ3v) is 4.97. The molecule has 0 heterocycles. The van der Waals surface area contributed by atoms with Gasteiger partial charge in [0.15, 0.2) is 11.5 Å². The minimum absolute atomic E-state index is 0. The Morgan fingerprint density at radius 2 is 1.73 bits per heavy atom. The lowest BCUT2D eigenvalue weighted by molar-refractivity contribution is -0.119. The van der Waals surface area contributed by atoms with Gasteiger partial charge in [-0.1, -0.05) is 12.1 Å². The summed E-state index contributed by atoms with van der Waals surface area (Å²) in [6, 6.07) is 11.2. The van der Waals surface area contributed by atoms with Crippen LogP contribution < -0.4 is 25.4 Å². The first kappa shape index (κ1) is 29.6. The van der Waals surface area contributed by atoms with E-state index in [-0.39, 0.29) is 35.3 Å². The van der Waals surface area contributed by atoms with Crippen LogP contribution in [0.15, 0.2) is 42.5 Å². The molecule has 2 aromatic carbocycles. The molecule has 0 fully saturated rings. The van der Waals surface area contributed by atoms with Crippen LogP contribution in [-0.2, 0) is 21.3 Å². The molecule has 33 heavy (non-hydrogen) atoms. The lowest BCUT2D eigenvalue weighted by atomic mass is 10.1. The predicted octanol–water partition coefficient (Wildman–Crippen LogP) is -0.836. The van der Waals surface area contributed by atoms with Crippen molar-refractivity contribution in [3.8, 4) is 11.5 Å². The molecule has 12 nitrogen and oxygen atoms in total. The minimum atomic E-state index is -4.42. The number of nitrogens with one attached hydrogen (secondary N) is 1. The van der Waals surface area contributed by atoms with Crippen LogP contribution in [0.25, 0.3) is 0 Å². The quantitative estimate of drug-likeness (QED) is 0.339. The van der Waals surface area contributed by atoms with E-state index in [1.807, 2.05) is 6.07 Å². The van der Waals surface area contributed by atoms with Crippen molar-refractivity contribution >= 4 is 27.6 Å². The van der Waals surface area contributed by atoms with Crippen molar-refractivity contribution in [1.29, 1.82) is 0 Å². The smallest absolute Gasteiger partial charge is 0.283 e. The molecule has 0 saturated heterocycles. The number of nitrogens with two attached hydrogens (primary N) is 1. The molecule has 0 atom stereocenters. The summed E-state index contributed by atoms with van der Waals surface area (Å²) in [4.78, 5) is 24.9. The highest BCUT2D eigenvalue weighted by atomic mass is 32.2. The molecule has 2 rings (SSSR count). The van der Waals surface area contributed by atoms with Crippen molar-refractivity contribution in [3.63, 3.8) is 0 Å². The number of benzene rings is 2. The van der Waals surface area contributed by atoms with Gasteiger partial charge in [0.05, 0.1) is 20.8 Å².